The van der Waals surface area contributed by atoms with Gasteiger partial charge in [-0.2, -0.15) is 0 Å². The summed E-state index contributed by atoms with van der Waals surface area (Å²) >= 11 is 4.15. The quantitative estimate of drug-likeness (QED) is 0.339. The first kappa shape index (κ1) is 13.3. The number of unbranched alkanes of at least 4 members (excludes halogenated alkanes) is 6. The summed E-state index contributed by atoms with van der Waals surface area (Å²) in [7, 11) is 0. The van der Waals surface area contributed by atoms with Gasteiger partial charge in [-0.1, -0.05) is 45.4 Å². The Kier molecular flexibility index (Phi) is 10.6. The summed E-state index contributed by atoms with van der Waals surface area (Å²) in [5, 5.41) is 0. The monoisotopic (exact) mass is 204 g/mol. The van der Waals surface area contributed by atoms with Crippen LogP contribution in [0.1, 0.15) is 58.8 Å². The highest BCUT2D eigenvalue weighted by atomic mass is 32.1. The van der Waals surface area contributed by atoms with Crippen LogP contribution in [0.2, 0.25) is 0 Å². The molecule has 1 unspecified atom stereocenters. The molecule has 0 rings (SSSR count). The van der Waals surface area contributed by atoms with Crippen LogP contribution >= 0.6 is 12.6 Å². The van der Waals surface area contributed by atoms with Gasteiger partial charge in [0.1, 0.15) is 0 Å². The second kappa shape index (κ2) is 10.4. The topological polar surface area (TPSA) is 9.23 Å². The molecule has 0 aromatic heterocycles. The van der Waals surface area contributed by atoms with E-state index >= 15 is 0 Å². The highest BCUT2D eigenvalue weighted by molar-refractivity contribution is 7.80. The Labute approximate surface area is 88.7 Å². The van der Waals surface area contributed by atoms with Gasteiger partial charge >= 0.3 is 0 Å². The molecule has 0 amide bonds. The predicted octanol–water partition coefficient (Wildman–Crippen LogP) is 4.03. The van der Waals surface area contributed by atoms with E-state index in [4.69, 9.17) is 4.74 Å². The van der Waals surface area contributed by atoms with Crippen LogP contribution in [0.15, 0.2) is 0 Å². The summed E-state index contributed by atoms with van der Waals surface area (Å²) < 4.78 is 5.33. The zero-order valence-corrected chi connectivity index (χ0v) is 9.98. The highest BCUT2D eigenvalue weighted by Gasteiger charge is 1.94. The minimum Gasteiger partial charge on any atom is -0.368 e. The molecule has 0 aliphatic heterocycles. The van der Waals surface area contributed by atoms with E-state index in [1.807, 2.05) is 6.92 Å². The first-order chi connectivity index (χ1) is 6.27. The molecule has 0 saturated heterocycles. The standard InChI is InChI=1S/C11H24OS/c1-3-4-5-6-7-8-9-10-12-11(2)13/h11,13H,3-10H2,1-2H3. The molecule has 80 valence electrons. The van der Waals surface area contributed by atoms with Gasteiger partial charge in [-0.05, 0) is 13.3 Å². The third kappa shape index (κ3) is 12.3. The van der Waals surface area contributed by atoms with Crippen molar-refractivity contribution in [3.05, 3.63) is 0 Å². The second-order valence-electron chi connectivity index (χ2n) is 3.59. The van der Waals surface area contributed by atoms with Gasteiger partial charge in [-0.25, -0.2) is 0 Å². The van der Waals surface area contributed by atoms with Gasteiger partial charge in [-0.15, -0.1) is 12.6 Å². The van der Waals surface area contributed by atoms with Crippen LogP contribution in [0.3, 0.4) is 0 Å². The average Bonchev–Trinajstić information content (AvgIpc) is 2.09. The van der Waals surface area contributed by atoms with E-state index in [-0.39, 0.29) is 5.44 Å². The van der Waals surface area contributed by atoms with E-state index < -0.39 is 0 Å². The fourth-order valence-corrected chi connectivity index (χ4v) is 1.42. The van der Waals surface area contributed by atoms with E-state index in [1.165, 1.54) is 44.9 Å². The van der Waals surface area contributed by atoms with Crippen LogP contribution in [0.4, 0.5) is 0 Å². The molecule has 1 nitrogen and oxygen atoms in total. The van der Waals surface area contributed by atoms with Crippen LogP contribution in [0, 0.1) is 0 Å². The van der Waals surface area contributed by atoms with Crippen molar-refractivity contribution in [2.45, 2.75) is 64.2 Å². The summed E-state index contributed by atoms with van der Waals surface area (Å²) in [6.45, 7) is 5.09. The Bertz CT molecular complexity index is 94.1. The summed E-state index contributed by atoms with van der Waals surface area (Å²) in [6.07, 6.45) is 9.39. The Hall–Kier alpha value is 0.310. The number of ether oxygens (including phenoxy) is 1. The molecule has 13 heavy (non-hydrogen) atoms. The maximum Gasteiger partial charge on any atom is 0.0971 e. The third-order valence-electron chi connectivity index (χ3n) is 2.11. The van der Waals surface area contributed by atoms with E-state index in [1.54, 1.807) is 0 Å². The fraction of sp³-hybridized carbons (Fsp3) is 1.00. The van der Waals surface area contributed by atoms with Crippen molar-refractivity contribution in [1.29, 1.82) is 0 Å². The van der Waals surface area contributed by atoms with Crippen molar-refractivity contribution in [2.75, 3.05) is 6.61 Å². The summed E-state index contributed by atoms with van der Waals surface area (Å²) in [4.78, 5) is 0. The molecule has 0 radical (unpaired) electrons. The largest absolute Gasteiger partial charge is 0.368 e. The SMILES string of the molecule is CCCCCCCCCOC(C)S. The van der Waals surface area contributed by atoms with Gasteiger partial charge in [0.2, 0.25) is 0 Å². The molecule has 0 aliphatic carbocycles. The van der Waals surface area contributed by atoms with Gasteiger partial charge in [0.05, 0.1) is 5.44 Å². The van der Waals surface area contributed by atoms with Gasteiger partial charge in [-0.3, -0.25) is 0 Å². The summed E-state index contributed by atoms with van der Waals surface area (Å²) in [5.41, 5.74) is 0.0973. The lowest BCUT2D eigenvalue weighted by Crippen LogP contribution is -2.00. The Morgan fingerprint density at radius 2 is 1.54 bits per heavy atom. The molecule has 0 bridgehead atoms. The molecule has 0 fully saturated rings. The fourth-order valence-electron chi connectivity index (χ4n) is 1.31. The number of hydrogen-bond acceptors (Lipinski definition) is 2. The lowest BCUT2D eigenvalue weighted by atomic mass is 10.1. The molecule has 2 heteroatoms. The molecule has 1 atom stereocenters. The third-order valence-corrected chi connectivity index (χ3v) is 2.26. The maximum absolute atomic E-state index is 5.33. The van der Waals surface area contributed by atoms with Crippen LogP contribution < -0.4 is 0 Å². The molecular formula is C11H24OS. The molecule has 0 aliphatic rings. The van der Waals surface area contributed by atoms with Gasteiger partial charge < -0.3 is 4.74 Å². The molecule has 0 aromatic rings. The Balaban J connectivity index is 2.84. The van der Waals surface area contributed by atoms with Crippen LogP contribution in [0.5, 0.6) is 0 Å². The minimum absolute atomic E-state index is 0.0973. The molecule has 0 saturated carbocycles. The van der Waals surface area contributed by atoms with E-state index in [9.17, 15) is 0 Å². The van der Waals surface area contributed by atoms with Gasteiger partial charge in [0.25, 0.3) is 0 Å². The Morgan fingerprint density at radius 3 is 2.08 bits per heavy atom. The molecular weight excluding hydrogens is 180 g/mol. The Morgan fingerprint density at radius 1 is 1.00 bits per heavy atom. The van der Waals surface area contributed by atoms with Crippen molar-refractivity contribution in [3.63, 3.8) is 0 Å². The smallest absolute Gasteiger partial charge is 0.0971 e. The van der Waals surface area contributed by atoms with E-state index in [2.05, 4.69) is 19.6 Å². The van der Waals surface area contributed by atoms with Crippen LogP contribution in [0.25, 0.3) is 0 Å². The van der Waals surface area contributed by atoms with Crippen molar-refractivity contribution in [2.24, 2.45) is 0 Å². The summed E-state index contributed by atoms with van der Waals surface area (Å²) in [5.74, 6) is 0. The van der Waals surface area contributed by atoms with Crippen molar-refractivity contribution in [1.82, 2.24) is 0 Å². The molecule has 0 heterocycles. The van der Waals surface area contributed by atoms with E-state index in [0.717, 1.165) is 6.61 Å². The second-order valence-corrected chi connectivity index (χ2v) is 4.32. The number of thiol groups is 1. The predicted molar refractivity (Wildman–Crippen MR) is 62.4 cm³/mol. The highest BCUT2D eigenvalue weighted by Crippen LogP contribution is 2.07. The van der Waals surface area contributed by atoms with E-state index in [0.29, 0.717) is 0 Å². The summed E-state index contributed by atoms with van der Waals surface area (Å²) in [6, 6.07) is 0. The first-order valence-corrected chi connectivity index (χ1v) is 6.08. The maximum atomic E-state index is 5.33. The molecule has 0 N–H and O–H groups in total. The zero-order chi connectivity index (χ0) is 9.94. The molecule has 0 spiro atoms. The number of hydrogen-bond donors (Lipinski definition) is 1. The van der Waals surface area contributed by atoms with Crippen LogP contribution in [-0.2, 0) is 4.74 Å². The van der Waals surface area contributed by atoms with Crippen LogP contribution in [-0.4, -0.2) is 12.0 Å². The first-order valence-electron chi connectivity index (χ1n) is 5.57. The normalized spacial score (nSPS) is 13.2. The average molecular weight is 204 g/mol. The number of rotatable bonds is 9. The zero-order valence-electron chi connectivity index (χ0n) is 9.09. The lowest BCUT2D eigenvalue weighted by Gasteiger charge is -2.05. The molecule has 0 aromatic carbocycles. The van der Waals surface area contributed by atoms with Crippen molar-refractivity contribution in [3.8, 4) is 0 Å². The van der Waals surface area contributed by atoms with Crippen molar-refractivity contribution >= 4 is 12.6 Å². The van der Waals surface area contributed by atoms with Gasteiger partial charge in [0.15, 0.2) is 0 Å². The minimum atomic E-state index is 0.0973. The lowest BCUT2D eigenvalue weighted by molar-refractivity contribution is 0.121. The van der Waals surface area contributed by atoms with Crippen molar-refractivity contribution < 1.29 is 4.74 Å². The van der Waals surface area contributed by atoms with Gasteiger partial charge in [0, 0.05) is 6.61 Å².